The first-order chi connectivity index (χ1) is 9.76. The second kappa shape index (κ2) is 12.9. The van der Waals surface area contributed by atoms with Crippen LogP contribution in [0.25, 0.3) is 0 Å². The van der Waals surface area contributed by atoms with E-state index in [1.165, 1.54) is 12.1 Å². The fraction of sp³-hybridized carbons (Fsp3) is 0.400. The summed E-state index contributed by atoms with van der Waals surface area (Å²) in [5.41, 5.74) is 1.11. The number of benzene rings is 1. The van der Waals surface area contributed by atoms with E-state index in [1.807, 2.05) is 17.8 Å². The molecule has 0 bridgehead atoms. The zero-order valence-electron chi connectivity index (χ0n) is 12.3. The first-order valence-electron chi connectivity index (χ1n) is 6.64. The third-order valence-corrected chi connectivity index (χ3v) is 3.58. The molecule has 1 aromatic rings. The Morgan fingerprint density at radius 2 is 1.95 bits per heavy atom. The van der Waals surface area contributed by atoms with Crippen LogP contribution in [0.5, 0.6) is 0 Å². The number of nitrogens with one attached hydrogen (secondary N) is 2. The topological polar surface area (TPSA) is 36.4 Å². The van der Waals surface area contributed by atoms with Crippen LogP contribution in [0, 0.1) is 5.82 Å². The highest BCUT2D eigenvalue weighted by Gasteiger charge is 1.98. The lowest BCUT2D eigenvalue weighted by molar-refractivity contribution is 0.626. The van der Waals surface area contributed by atoms with Gasteiger partial charge in [0.2, 0.25) is 0 Å². The van der Waals surface area contributed by atoms with Crippen molar-refractivity contribution in [1.82, 2.24) is 10.6 Å². The second-order valence-corrected chi connectivity index (χ2v) is 5.32. The van der Waals surface area contributed by atoms with Crippen LogP contribution in [-0.4, -0.2) is 37.6 Å². The highest BCUT2D eigenvalue weighted by atomic mass is 127. The van der Waals surface area contributed by atoms with Gasteiger partial charge in [0.1, 0.15) is 5.82 Å². The van der Waals surface area contributed by atoms with E-state index < -0.39 is 0 Å². The van der Waals surface area contributed by atoms with Gasteiger partial charge in [0.15, 0.2) is 5.96 Å². The molecule has 1 aromatic carbocycles. The molecule has 0 unspecified atom stereocenters. The monoisotopic (exact) mass is 423 g/mol. The summed E-state index contributed by atoms with van der Waals surface area (Å²) in [6.45, 7) is 5.32. The van der Waals surface area contributed by atoms with Crippen LogP contribution < -0.4 is 10.6 Å². The minimum absolute atomic E-state index is 0. The molecule has 0 aromatic heterocycles. The summed E-state index contributed by atoms with van der Waals surface area (Å²) in [6.07, 6.45) is 2.74. The van der Waals surface area contributed by atoms with E-state index in [0.717, 1.165) is 42.5 Å². The molecule has 0 heterocycles. The highest BCUT2D eigenvalue weighted by molar-refractivity contribution is 14.0. The molecule has 0 saturated carbocycles. The Balaban J connectivity index is 0.00000400. The Labute approximate surface area is 147 Å². The Morgan fingerprint density at radius 3 is 2.57 bits per heavy atom. The molecule has 6 heteroatoms. The van der Waals surface area contributed by atoms with E-state index in [1.54, 1.807) is 19.2 Å². The molecule has 1 rings (SSSR count). The third kappa shape index (κ3) is 9.73. The predicted molar refractivity (Wildman–Crippen MR) is 102 cm³/mol. The van der Waals surface area contributed by atoms with Gasteiger partial charge in [0, 0.05) is 31.6 Å². The van der Waals surface area contributed by atoms with Crippen LogP contribution in [-0.2, 0) is 6.42 Å². The number of hydrogen-bond donors (Lipinski definition) is 2. The van der Waals surface area contributed by atoms with Gasteiger partial charge in [-0.15, -0.1) is 30.6 Å². The molecule has 0 spiro atoms. The van der Waals surface area contributed by atoms with Crippen molar-refractivity contribution in [2.45, 2.75) is 6.42 Å². The Morgan fingerprint density at radius 1 is 1.29 bits per heavy atom. The number of nitrogens with zero attached hydrogens (tertiary/aromatic N) is 1. The predicted octanol–water partition coefficient (Wildman–Crippen LogP) is 3.07. The number of guanidine groups is 1. The largest absolute Gasteiger partial charge is 0.356 e. The van der Waals surface area contributed by atoms with Crippen molar-refractivity contribution in [2.75, 3.05) is 31.6 Å². The van der Waals surface area contributed by atoms with Crippen LogP contribution in [0.4, 0.5) is 4.39 Å². The molecule has 0 aliphatic rings. The summed E-state index contributed by atoms with van der Waals surface area (Å²) in [4.78, 5) is 4.16. The molecule has 0 saturated heterocycles. The van der Waals surface area contributed by atoms with Crippen molar-refractivity contribution >= 4 is 41.7 Å². The van der Waals surface area contributed by atoms with Gasteiger partial charge in [-0.05, 0) is 24.1 Å². The maximum atomic E-state index is 12.8. The second-order valence-electron chi connectivity index (χ2n) is 4.17. The molecule has 21 heavy (non-hydrogen) atoms. The van der Waals surface area contributed by atoms with Gasteiger partial charge >= 0.3 is 0 Å². The minimum Gasteiger partial charge on any atom is -0.356 e. The Kier molecular flexibility index (Phi) is 12.5. The van der Waals surface area contributed by atoms with Gasteiger partial charge < -0.3 is 10.6 Å². The zero-order chi connectivity index (χ0) is 14.6. The lowest BCUT2D eigenvalue weighted by Crippen LogP contribution is -2.39. The molecular weight excluding hydrogens is 400 g/mol. The first-order valence-corrected chi connectivity index (χ1v) is 7.79. The van der Waals surface area contributed by atoms with Crippen molar-refractivity contribution in [3.63, 3.8) is 0 Å². The van der Waals surface area contributed by atoms with Gasteiger partial charge in [0.05, 0.1) is 0 Å². The fourth-order valence-corrected chi connectivity index (χ4v) is 2.18. The average Bonchev–Trinajstić information content (AvgIpc) is 2.47. The van der Waals surface area contributed by atoms with Crippen molar-refractivity contribution in [1.29, 1.82) is 0 Å². The van der Waals surface area contributed by atoms with E-state index in [4.69, 9.17) is 0 Å². The van der Waals surface area contributed by atoms with Crippen molar-refractivity contribution < 1.29 is 4.39 Å². The van der Waals surface area contributed by atoms with E-state index in [2.05, 4.69) is 22.2 Å². The van der Waals surface area contributed by atoms with E-state index in [0.29, 0.717) is 0 Å². The lowest BCUT2D eigenvalue weighted by atomic mass is 10.1. The van der Waals surface area contributed by atoms with Crippen molar-refractivity contribution in [3.8, 4) is 0 Å². The zero-order valence-corrected chi connectivity index (χ0v) is 15.4. The molecule has 0 aliphatic heterocycles. The summed E-state index contributed by atoms with van der Waals surface area (Å²) < 4.78 is 12.8. The number of rotatable bonds is 8. The van der Waals surface area contributed by atoms with Gasteiger partial charge in [-0.25, -0.2) is 4.39 Å². The smallest absolute Gasteiger partial charge is 0.191 e. The van der Waals surface area contributed by atoms with Crippen LogP contribution >= 0.6 is 35.7 Å². The van der Waals surface area contributed by atoms with Crippen LogP contribution in [0.3, 0.4) is 0 Å². The molecule has 118 valence electrons. The SMILES string of the molecule is C=CCSCCNC(=NC)NCCc1ccc(F)cc1.I. The molecule has 0 aliphatic carbocycles. The quantitative estimate of drug-likeness (QED) is 0.222. The minimum atomic E-state index is -0.198. The van der Waals surface area contributed by atoms with Gasteiger partial charge in [0.25, 0.3) is 0 Å². The average molecular weight is 423 g/mol. The normalized spacial score (nSPS) is 10.7. The van der Waals surface area contributed by atoms with Crippen LogP contribution in [0.2, 0.25) is 0 Å². The van der Waals surface area contributed by atoms with E-state index >= 15 is 0 Å². The summed E-state index contributed by atoms with van der Waals surface area (Å²) >= 11 is 1.83. The number of hydrogen-bond acceptors (Lipinski definition) is 2. The fourth-order valence-electron chi connectivity index (χ4n) is 1.61. The van der Waals surface area contributed by atoms with Crippen molar-refractivity contribution in [2.24, 2.45) is 4.99 Å². The van der Waals surface area contributed by atoms with E-state index in [9.17, 15) is 4.39 Å². The van der Waals surface area contributed by atoms with E-state index in [-0.39, 0.29) is 29.8 Å². The Hall–Kier alpha value is -0.760. The molecular formula is C15H23FIN3S. The molecule has 0 radical (unpaired) electrons. The maximum Gasteiger partial charge on any atom is 0.191 e. The molecule has 3 nitrogen and oxygen atoms in total. The summed E-state index contributed by atoms with van der Waals surface area (Å²) in [5.74, 6) is 2.59. The van der Waals surface area contributed by atoms with Crippen molar-refractivity contribution in [3.05, 3.63) is 48.3 Å². The molecule has 0 fully saturated rings. The number of aliphatic imine (C=N–C) groups is 1. The molecule has 0 atom stereocenters. The summed E-state index contributed by atoms with van der Waals surface area (Å²) in [5, 5.41) is 6.49. The van der Waals surface area contributed by atoms with Gasteiger partial charge in [-0.2, -0.15) is 11.8 Å². The molecule has 0 amide bonds. The third-order valence-electron chi connectivity index (χ3n) is 2.62. The highest BCUT2D eigenvalue weighted by Crippen LogP contribution is 2.02. The first kappa shape index (κ1) is 20.2. The Bertz CT molecular complexity index is 423. The molecule has 2 N–H and O–H groups in total. The number of halogens is 2. The van der Waals surface area contributed by atoms with Gasteiger partial charge in [-0.3, -0.25) is 4.99 Å². The number of thioether (sulfide) groups is 1. The van der Waals surface area contributed by atoms with Crippen LogP contribution in [0.15, 0.2) is 41.9 Å². The summed E-state index contributed by atoms with van der Waals surface area (Å²) in [6, 6.07) is 6.58. The van der Waals surface area contributed by atoms with Crippen LogP contribution in [0.1, 0.15) is 5.56 Å². The standard InChI is InChI=1S/C15H22FN3S.HI/c1-3-11-20-12-10-19-15(17-2)18-9-8-13-4-6-14(16)7-5-13;/h3-7H,1,8-12H2,2H3,(H2,17,18,19);1H. The summed E-state index contributed by atoms with van der Waals surface area (Å²) in [7, 11) is 1.75. The van der Waals surface area contributed by atoms with Gasteiger partial charge in [-0.1, -0.05) is 18.2 Å². The lowest BCUT2D eigenvalue weighted by Gasteiger charge is -2.11. The maximum absolute atomic E-state index is 12.8.